The summed E-state index contributed by atoms with van der Waals surface area (Å²) in [6.45, 7) is 2.81. The van der Waals surface area contributed by atoms with Crippen LogP contribution in [0.25, 0.3) is 10.9 Å². The second-order valence-electron chi connectivity index (χ2n) is 7.61. The Bertz CT molecular complexity index is 806. The summed E-state index contributed by atoms with van der Waals surface area (Å²) < 4.78 is 8.17. The van der Waals surface area contributed by atoms with E-state index in [2.05, 4.69) is 16.8 Å². The molecule has 5 heteroatoms. The molecule has 0 bridgehead atoms. The molecule has 0 spiro atoms. The first-order chi connectivity index (χ1) is 12.7. The van der Waals surface area contributed by atoms with Crippen LogP contribution in [-0.2, 0) is 6.54 Å². The fraction of sp³-hybridized carbons (Fsp3) is 0.571. The molecule has 1 unspecified atom stereocenters. The number of ether oxygens (including phenoxy) is 1. The van der Waals surface area contributed by atoms with Gasteiger partial charge in [-0.1, -0.05) is 50.6 Å². The van der Waals surface area contributed by atoms with Crippen molar-refractivity contribution < 1.29 is 9.53 Å². The van der Waals surface area contributed by atoms with Gasteiger partial charge < -0.3 is 14.6 Å². The molecule has 1 aromatic carbocycles. The Balaban J connectivity index is 1.65. The van der Waals surface area contributed by atoms with E-state index in [9.17, 15) is 4.79 Å². The molecule has 1 aliphatic carbocycles. The highest BCUT2D eigenvalue weighted by molar-refractivity contribution is 6.36. The molecule has 2 aliphatic rings. The highest BCUT2D eigenvalue weighted by atomic mass is 35.5. The Kier molecular flexibility index (Phi) is 5.12. The van der Waals surface area contributed by atoms with Gasteiger partial charge in [0.05, 0.1) is 17.1 Å². The molecule has 1 aliphatic heterocycles. The summed E-state index contributed by atoms with van der Waals surface area (Å²) in [5.74, 6) is 0.845. The second kappa shape index (κ2) is 7.51. The molecule has 140 valence electrons. The highest BCUT2D eigenvalue weighted by Gasteiger charge is 2.27. The Labute approximate surface area is 159 Å². The minimum atomic E-state index is 0.0190. The van der Waals surface area contributed by atoms with E-state index in [1.54, 1.807) is 0 Å². The summed E-state index contributed by atoms with van der Waals surface area (Å²) in [6.07, 6.45) is 9.46. The zero-order valence-electron chi connectivity index (χ0n) is 15.4. The average Bonchev–Trinajstić information content (AvgIpc) is 3.01. The van der Waals surface area contributed by atoms with E-state index < -0.39 is 0 Å². The molecule has 26 heavy (non-hydrogen) atoms. The Morgan fingerprint density at radius 3 is 2.69 bits per heavy atom. The monoisotopic (exact) mass is 374 g/mol. The van der Waals surface area contributed by atoms with Crippen molar-refractivity contribution in [1.82, 2.24) is 9.88 Å². The van der Waals surface area contributed by atoms with Crippen LogP contribution in [0.1, 0.15) is 68.8 Å². The summed E-state index contributed by atoms with van der Waals surface area (Å²) >= 11 is 6.40. The van der Waals surface area contributed by atoms with Gasteiger partial charge in [0.2, 0.25) is 0 Å². The largest absolute Gasteiger partial charge is 0.486 e. The van der Waals surface area contributed by atoms with E-state index in [-0.39, 0.29) is 18.1 Å². The lowest BCUT2D eigenvalue weighted by atomic mass is 9.96. The van der Waals surface area contributed by atoms with Gasteiger partial charge in [-0.05, 0) is 37.5 Å². The number of halogens is 1. The van der Waals surface area contributed by atoms with E-state index in [0.717, 1.165) is 35.9 Å². The fourth-order valence-corrected chi connectivity index (χ4v) is 4.49. The molecule has 1 N–H and O–H groups in total. The van der Waals surface area contributed by atoms with Crippen molar-refractivity contribution >= 4 is 28.4 Å². The van der Waals surface area contributed by atoms with Crippen LogP contribution in [0.4, 0.5) is 0 Å². The molecule has 1 aromatic heterocycles. The van der Waals surface area contributed by atoms with Crippen molar-refractivity contribution in [3.05, 3.63) is 28.9 Å². The predicted octanol–water partition coefficient (Wildman–Crippen LogP) is 5.31. The molecular weight excluding hydrogens is 348 g/mol. The molecular formula is C21H27ClN2O2. The van der Waals surface area contributed by atoms with Crippen LogP contribution < -0.4 is 10.1 Å². The van der Waals surface area contributed by atoms with Crippen LogP contribution in [0.2, 0.25) is 5.02 Å². The first-order valence-corrected chi connectivity index (χ1v) is 10.3. The van der Waals surface area contributed by atoms with Crippen LogP contribution in [0.3, 0.4) is 0 Å². The minimum absolute atomic E-state index is 0.0190. The van der Waals surface area contributed by atoms with Crippen molar-refractivity contribution in [2.75, 3.05) is 0 Å². The zero-order chi connectivity index (χ0) is 18.1. The van der Waals surface area contributed by atoms with Gasteiger partial charge in [0.1, 0.15) is 17.5 Å². The maximum absolute atomic E-state index is 13.1. The lowest BCUT2D eigenvalue weighted by molar-refractivity contribution is 0.0914. The SMILES string of the molecule is CCC1Cn2c(C(=O)NC3CCCCCCC3)cc3c(Cl)ccc(c32)O1. The van der Waals surface area contributed by atoms with Crippen LogP contribution in [0.5, 0.6) is 5.75 Å². The molecule has 4 nitrogen and oxygen atoms in total. The summed E-state index contributed by atoms with van der Waals surface area (Å²) in [5, 5.41) is 4.86. The van der Waals surface area contributed by atoms with Gasteiger partial charge in [0, 0.05) is 11.4 Å². The number of rotatable bonds is 3. The molecule has 2 aromatic rings. The molecule has 0 saturated heterocycles. The van der Waals surface area contributed by atoms with Crippen molar-refractivity contribution in [3.63, 3.8) is 0 Å². The van der Waals surface area contributed by atoms with Crippen LogP contribution in [0, 0.1) is 0 Å². The van der Waals surface area contributed by atoms with Crippen molar-refractivity contribution in [3.8, 4) is 5.75 Å². The number of carbonyl (C=O) groups is 1. The number of benzene rings is 1. The van der Waals surface area contributed by atoms with E-state index in [4.69, 9.17) is 16.3 Å². The van der Waals surface area contributed by atoms with E-state index in [1.165, 1.54) is 32.1 Å². The summed E-state index contributed by atoms with van der Waals surface area (Å²) in [7, 11) is 0. The molecule has 1 amide bonds. The fourth-order valence-electron chi connectivity index (χ4n) is 4.28. The van der Waals surface area contributed by atoms with Gasteiger partial charge in [-0.3, -0.25) is 4.79 Å². The third kappa shape index (κ3) is 3.32. The number of nitrogens with zero attached hydrogens (tertiary/aromatic N) is 1. The molecule has 4 rings (SSSR count). The van der Waals surface area contributed by atoms with Crippen LogP contribution >= 0.6 is 11.6 Å². The summed E-state index contributed by atoms with van der Waals surface area (Å²) in [6, 6.07) is 5.99. The third-order valence-corrected chi connectivity index (χ3v) is 6.11. The van der Waals surface area contributed by atoms with Gasteiger partial charge in [-0.2, -0.15) is 0 Å². The Morgan fingerprint density at radius 1 is 1.23 bits per heavy atom. The minimum Gasteiger partial charge on any atom is -0.486 e. The number of carbonyl (C=O) groups excluding carboxylic acids is 1. The quantitative estimate of drug-likeness (QED) is 0.791. The first kappa shape index (κ1) is 17.7. The van der Waals surface area contributed by atoms with Gasteiger partial charge in [0.25, 0.3) is 5.91 Å². The maximum Gasteiger partial charge on any atom is 0.268 e. The topological polar surface area (TPSA) is 43.3 Å². The van der Waals surface area contributed by atoms with Gasteiger partial charge in [-0.25, -0.2) is 0 Å². The number of hydrogen-bond donors (Lipinski definition) is 1. The molecule has 1 atom stereocenters. The van der Waals surface area contributed by atoms with E-state index in [1.807, 2.05) is 18.2 Å². The number of nitrogens with one attached hydrogen (secondary N) is 1. The second-order valence-corrected chi connectivity index (χ2v) is 8.02. The first-order valence-electron chi connectivity index (χ1n) is 9.96. The van der Waals surface area contributed by atoms with E-state index in [0.29, 0.717) is 17.3 Å². The van der Waals surface area contributed by atoms with Crippen molar-refractivity contribution in [2.24, 2.45) is 0 Å². The van der Waals surface area contributed by atoms with Crippen LogP contribution in [0.15, 0.2) is 18.2 Å². The number of amides is 1. The third-order valence-electron chi connectivity index (χ3n) is 5.78. The van der Waals surface area contributed by atoms with Gasteiger partial charge >= 0.3 is 0 Å². The van der Waals surface area contributed by atoms with E-state index >= 15 is 0 Å². The molecule has 2 heterocycles. The van der Waals surface area contributed by atoms with Crippen LogP contribution in [-0.4, -0.2) is 22.6 Å². The lowest BCUT2D eigenvalue weighted by Crippen LogP contribution is -2.37. The molecule has 0 radical (unpaired) electrons. The number of aromatic nitrogens is 1. The van der Waals surface area contributed by atoms with Crippen molar-refractivity contribution in [2.45, 2.75) is 77.0 Å². The summed E-state index contributed by atoms with van der Waals surface area (Å²) in [4.78, 5) is 13.1. The average molecular weight is 375 g/mol. The summed E-state index contributed by atoms with van der Waals surface area (Å²) in [5.41, 5.74) is 1.66. The Hall–Kier alpha value is -1.68. The molecule has 1 saturated carbocycles. The zero-order valence-corrected chi connectivity index (χ0v) is 16.1. The van der Waals surface area contributed by atoms with Gasteiger partial charge in [0.15, 0.2) is 0 Å². The highest BCUT2D eigenvalue weighted by Crippen LogP contribution is 2.38. The van der Waals surface area contributed by atoms with Gasteiger partial charge in [-0.15, -0.1) is 0 Å². The maximum atomic E-state index is 13.1. The smallest absolute Gasteiger partial charge is 0.268 e. The van der Waals surface area contributed by atoms with Crippen molar-refractivity contribution in [1.29, 1.82) is 0 Å². The normalized spacial score (nSPS) is 21.1. The number of hydrogen-bond acceptors (Lipinski definition) is 2. The Morgan fingerprint density at radius 2 is 1.96 bits per heavy atom. The standard InChI is InChI=1S/C21H27ClN2O2/c1-2-15-13-24-18(12-16-17(22)10-11-19(26-15)20(16)24)21(25)23-14-8-6-4-3-5-7-9-14/h10-12,14-15H,2-9,13H2,1H3,(H,23,25). The molecule has 1 fully saturated rings. The lowest BCUT2D eigenvalue weighted by Gasteiger charge is -2.27. The predicted molar refractivity (Wildman–Crippen MR) is 105 cm³/mol.